The van der Waals surface area contributed by atoms with Gasteiger partial charge in [-0.15, -0.1) is 0 Å². The minimum Gasteiger partial charge on any atom is -0.497 e. The number of hydrogen-bond acceptors (Lipinski definition) is 13. The molecule has 0 aliphatic rings. The molecule has 12 aromatic rings. The zero-order valence-corrected chi connectivity index (χ0v) is 53.5. The van der Waals surface area contributed by atoms with Crippen LogP contribution in [0.4, 0.5) is 22.7 Å². The normalized spacial score (nSPS) is 10.4. The van der Waals surface area contributed by atoms with Gasteiger partial charge in [-0.05, 0) is 121 Å². The fraction of sp³-hybridized carbons (Fsp3) is 0.0857. The van der Waals surface area contributed by atoms with Gasteiger partial charge in [-0.3, -0.25) is 19.2 Å². The number of nitrogen functional groups attached to an aromatic ring is 1. The van der Waals surface area contributed by atoms with Crippen LogP contribution in [-0.2, 0) is 0 Å². The monoisotopic (exact) mass is 1310 g/mol. The van der Waals surface area contributed by atoms with Crippen LogP contribution in [0.15, 0.2) is 219 Å². The van der Waals surface area contributed by atoms with E-state index in [1.807, 2.05) is 127 Å². The molecule has 0 saturated heterocycles. The van der Waals surface area contributed by atoms with Crippen molar-refractivity contribution in [1.29, 1.82) is 0 Å². The number of anilines is 4. The molecule has 91 heavy (non-hydrogen) atoms. The third kappa shape index (κ3) is 16.8. The van der Waals surface area contributed by atoms with Crippen molar-refractivity contribution >= 4 is 147 Å². The molecule has 460 valence electrons. The number of methoxy groups -OCH3 is 4. The Kier molecular flexibility index (Phi) is 23.4. The number of carbonyl (C=O) groups excluding carboxylic acids is 4. The van der Waals surface area contributed by atoms with Gasteiger partial charge in [0.1, 0.15) is 43.6 Å². The Hall–Kier alpha value is -10.1. The van der Waals surface area contributed by atoms with Gasteiger partial charge in [0.2, 0.25) is 0 Å². The van der Waals surface area contributed by atoms with Crippen LogP contribution in [0.3, 0.4) is 0 Å². The second-order valence-corrected chi connectivity index (χ2v) is 21.2. The van der Waals surface area contributed by atoms with E-state index in [-0.39, 0.29) is 17.7 Å². The lowest BCUT2D eigenvalue weighted by Crippen LogP contribution is -2.26. The van der Waals surface area contributed by atoms with Gasteiger partial charge < -0.3 is 39.8 Å². The summed E-state index contributed by atoms with van der Waals surface area (Å²) in [5.74, 6) is 2.41. The number of hydrogen-bond donors (Lipinski definition) is 2. The molecule has 0 aliphatic heterocycles. The Morgan fingerprint density at radius 3 is 1.05 bits per heavy atom. The van der Waals surface area contributed by atoms with Crippen LogP contribution in [0.5, 0.6) is 23.0 Å². The molecule has 3 amide bonds. The zero-order valence-electron chi connectivity index (χ0n) is 49.7. The van der Waals surface area contributed by atoms with Crippen molar-refractivity contribution in [2.45, 2.75) is 0 Å². The van der Waals surface area contributed by atoms with Gasteiger partial charge in [-0.25, -0.2) is 19.9 Å². The highest BCUT2D eigenvalue weighted by atomic mass is 35.5. The summed E-state index contributed by atoms with van der Waals surface area (Å²) in [5.41, 5.74) is 10.7. The molecule has 8 aromatic carbocycles. The third-order valence-electron chi connectivity index (χ3n) is 13.8. The number of nitrogens with one attached hydrogen (secondary N) is 1. The van der Waals surface area contributed by atoms with Crippen LogP contribution in [0.25, 0.3) is 43.1 Å². The molecule has 0 radical (unpaired) electrons. The number of ether oxygens (including phenoxy) is 4. The highest BCUT2D eigenvalue weighted by Crippen LogP contribution is 2.36. The molecule has 4 aromatic heterocycles. The van der Waals surface area contributed by atoms with Gasteiger partial charge in [0.05, 0.1) is 76.0 Å². The first-order valence-corrected chi connectivity index (χ1v) is 29.4. The molecule has 12 rings (SSSR count). The molecule has 0 spiro atoms. The van der Waals surface area contributed by atoms with Crippen LogP contribution in [0.2, 0.25) is 20.6 Å². The molecular weight excluding hydrogens is 1260 g/mol. The maximum absolute atomic E-state index is 12.7. The van der Waals surface area contributed by atoms with Crippen molar-refractivity contribution < 1.29 is 38.1 Å². The Morgan fingerprint density at radius 2 is 0.692 bits per heavy atom. The Labute approximate surface area is 549 Å². The van der Waals surface area contributed by atoms with Gasteiger partial charge in [0.15, 0.2) is 0 Å². The van der Waals surface area contributed by atoms with Gasteiger partial charge >= 0.3 is 0 Å². The number of halogens is 5. The van der Waals surface area contributed by atoms with E-state index >= 15 is 0 Å². The lowest BCUT2D eigenvalue weighted by molar-refractivity contribution is 0.0985. The largest absolute Gasteiger partial charge is 0.497 e. The van der Waals surface area contributed by atoms with Gasteiger partial charge in [-0.2, -0.15) is 0 Å². The Balaban J connectivity index is 0.000000151. The number of benzene rings is 8. The van der Waals surface area contributed by atoms with Gasteiger partial charge in [0, 0.05) is 79.4 Å². The second kappa shape index (κ2) is 31.9. The number of rotatable bonds is 11. The molecule has 0 bridgehead atoms. The van der Waals surface area contributed by atoms with E-state index in [4.69, 9.17) is 82.7 Å². The molecule has 21 heteroatoms. The smallest absolute Gasteiger partial charge is 0.258 e. The highest BCUT2D eigenvalue weighted by Gasteiger charge is 2.20. The molecule has 0 atom stereocenters. The van der Waals surface area contributed by atoms with E-state index in [2.05, 4.69) is 25.3 Å². The first-order valence-electron chi connectivity index (χ1n) is 27.5. The van der Waals surface area contributed by atoms with Crippen molar-refractivity contribution in [1.82, 2.24) is 19.9 Å². The summed E-state index contributed by atoms with van der Waals surface area (Å²) in [6.07, 6.45) is 6.30. The maximum atomic E-state index is 12.7. The molecule has 0 fully saturated rings. The number of amides is 3. The number of aromatic nitrogens is 4. The Bertz CT molecular complexity index is 4400. The van der Waals surface area contributed by atoms with Crippen LogP contribution >= 0.6 is 58.0 Å². The minimum absolute atomic E-state index is 0.112. The van der Waals surface area contributed by atoms with Crippen LogP contribution in [-0.4, -0.2) is 85.4 Å². The van der Waals surface area contributed by atoms with E-state index in [0.717, 1.165) is 48.8 Å². The minimum atomic E-state index is -0.407. The third-order valence-corrected chi connectivity index (χ3v) is 15.3. The molecule has 0 saturated carbocycles. The quantitative estimate of drug-likeness (QED) is 0.0916. The van der Waals surface area contributed by atoms with Crippen LogP contribution in [0, 0.1) is 0 Å². The lowest BCUT2D eigenvalue weighted by Gasteiger charge is -2.19. The number of pyridine rings is 4. The highest BCUT2D eigenvalue weighted by molar-refractivity contribution is 6.67. The predicted molar refractivity (Wildman–Crippen MR) is 367 cm³/mol. The first kappa shape index (κ1) is 66.9. The number of fused-ring (bicyclic) bond motifs is 4. The standard InChI is InChI=1S/2C18H15ClN2O2.C17H13ClN2O2.C10H9ClN2O.C7H5ClO/c2*1-21(18(22)12-6-4-3-5-7-12)16-11-20-17(19)14-9-8-13(23-2)10-15(14)16;1-22-12-7-8-13-14(9-12)15(10-19-16(13)18)20-17(21)11-5-3-2-4-6-11;1-14-6-2-3-7-8(4-6)9(12)5-13-10(7)11;8-7(9)6-4-2-1-3-5-6/h2*3-11H,1-2H3;2-10H,1H3,(H,20,21);2-5H,12H2,1H3;1-5H. The summed E-state index contributed by atoms with van der Waals surface area (Å²) >= 11 is 29.5. The molecule has 0 unspecified atom stereocenters. The van der Waals surface area contributed by atoms with Crippen LogP contribution < -0.4 is 39.8 Å². The molecule has 0 aliphatic carbocycles. The van der Waals surface area contributed by atoms with E-state index in [1.165, 1.54) is 0 Å². The Morgan fingerprint density at radius 1 is 0.385 bits per heavy atom. The average Bonchev–Trinajstić information content (AvgIpc) is 1.30. The van der Waals surface area contributed by atoms with E-state index < -0.39 is 5.24 Å². The van der Waals surface area contributed by atoms with Crippen LogP contribution in [0.1, 0.15) is 41.4 Å². The number of nitrogens with two attached hydrogens (primary N) is 1. The summed E-state index contributed by atoms with van der Waals surface area (Å²) in [6.45, 7) is 0. The number of nitrogens with zero attached hydrogens (tertiary/aromatic N) is 6. The molecular formula is C70H57Cl5N8O8. The van der Waals surface area contributed by atoms with E-state index in [0.29, 0.717) is 82.9 Å². The maximum Gasteiger partial charge on any atom is 0.258 e. The summed E-state index contributed by atoms with van der Waals surface area (Å²) < 4.78 is 20.9. The SMILES string of the molecule is COc1ccc2c(Cl)ncc(N(C)C(=O)c3ccccc3)c2c1.COc1ccc2c(Cl)ncc(N(C)C(=O)c3ccccc3)c2c1.COc1ccc2c(Cl)ncc(N)c2c1.COc1ccc2c(Cl)ncc(NC(=O)c3ccccc3)c2c1.O=C(Cl)c1ccccc1. The molecule has 16 nitrogen and oxygen atoms in total. The van der Waals surface area contributed by atoms with E-state index in [1.54, 1.807) is 144 Å². The van der Waals surface area contributed by atoms with Crippen molar-refractivity contribution in [2.24, 2.45) is 0 Å². The molecule has 4 heterocycles. The van der Waals surface area contributed by atoms with Crippen molar-refractivity contribution in [3.63, 3.8) is 0 Å². The summed E-state index contributed by atoms with van der Waals surface area (Å²) in [5, 5.41) is 10.5. The summed E-state index contributed by atoms with van der Waals surface area (Å²) in [7, 11) is 9.84. The molecule has 3 N–H and O–H groups in total. The van der Waals surface area contributed by atoms with Gasteiger partial charge in [-0.1, -0.05) is 131 Å². The second-order valence-electron chi connectivity index (χ2n) is 19.4. The number of carbonyl (C=O) groups is 4. The predicted octanol–water partition coefficient (Wildman–Crippen LogP) is 17.0. The topological polar surface area (TPSA) is 201 Å². The van der Waals surface area contributed by atoms with E-state index in [9.17, 15) is 19.2 Å². The fourth-order valence-electron chi connectivity index (χ4n) is 9.00. The summed E-state index contributed by atoms with van der Waals surface area (Å²) in [6, 6.07) is 58.0. The van der Waals surface area contributed by atoms with Crippen molar-refractivity contribution in [3.05, 3.63) is 262 Å². The average molecular weight is 1320 g/mol. The van der Waals surface area contributed by atoms with Crippen molar-refractivity contribution in [3.8, 4) is 23.0 Å². The van der Waals surface area contributed by atoms with Gasteiger partial charge in [0.25, 0.3) is 23.0 Å². The van der Waals surface area contributed by atoms with Crippen molar-refractivity contribution in [2.75, 3.05) is 63.4 Å². The fourth-order valence-corrected chi connectivity index (χ4v) is 9.98. The lowest BCUT2D eigenvalue weighted by atomic mass is 10.1. The zero-order chi connectivity index (χ0) is 65.1. The summed E-state index contributed by atoms with van der Waals surface area (Å²) in [4.78, 5) is 67.6. The first-order chi connectivity index (χ1) is 43.9.